The van der Waals surface area contributed by atoms with Crippen molar-refractivity contribution in [2.45, 2.75) is 44.5 Å². The zero-order chi connectivity index (χ0) is 14.7. The maximum absolute atomic E-state index is 12.2. The van der Waals surface area contributed by atoms with Crippen LogP contribution in [0.1, 0.15) is 32.6 Å². The van der Waals surface area contributed by atoms with Crippen LogP contribution in [0.4, 0.5) is 4.79 Å². The van der Waals surface area contributed by atoms with Gasteiger partial charge in [0, 0.05) is 32.2 Å². The van der Waals surface area contributed by atoms with Gasteiger partial charge < -0.3 is 24.4 Å². The summed E-state index contributed by atoms with van der Waals surface area (Å²) in [6, 6.07) is 0.0300. The minimum Gasteiger partial charge on any atom is -0.376 e. The molecule has 0 aromatic rings. The average molecular weight is 298 g/mol. The van der Waals surface area contributed by atoms with E-state index in [-0.39, 0.29) is 12.1 Å². The molecule has 21 heavy (non-hydrogen) atoms. The molecule has 1 N–H and O–H groups in total. The molecule has 0 radical (unpaired) electrons. The second-order valence-electron chi connectivity index (χ2n) is 6.30. The van der Waals surface area contributed by atoms with Crippen molar-refractivity contribution in [1.29, 1.82) is 0 Å². The summed E-state index contributed by atoms with van der Waals surface area (Å²) in [5, 5.41) is 2.99. The number of hydrogen-bond acceptors (Lipinski definition) is 4. The van der Waals surface area contributed by atoms with Gasteiger partial charge in [-0.1, -0.05) is 0 Å². The fourth-order valence-corrected chi connectivity index (χ4v) is 3.49. The van der Waals surface area contributed by atoms with Crippen LogP contribution in [0.3, 0.4) is 0 Å². The lowest BCUT2D eigenvalue weighted by Gasteiger charge is -2.39. The van der Waals surface area contributed by atoms with Gasteiger partial charge in [-0.2, -0.15) is 0 Å². The van der Waals surface area contributed by atoms with Crippen molar-refractivity contribution in [3.05, 3.63) is 0 Å². The van der Waals surface area contributed by atoms with E-state index in [1.54, 1.807) is 0 Å². The summed E-state index contributed by atoms with van der Waals surface area (Å²) in [7, 11) is 0. The third-order valence-electron chi connectivity index (χ3n) is 4.89. The lowest BCUT2D eigenvalue weighted by Crippen LogP contribution is -2.49. The van der Waals surface area contributed by atoms with E-state index in [9.17, 15) is 4.79 Å². The van der Waals surface area contributed by atoms with E-state index in [2.05, 4.69) is 5.32 Å². The molecule has 1 unspecified atom stereocenters. The quantitative estimate of drug-likeness (QED) is 0.854. The van der Waals surface area contributed by atoms with Crippen molar-refractivity contribution in [1.82, 2.24) is 10.2 Å². The molecule has 6 heteroatoms. The van der Waals surface area contributed by atoms with Crippen LogP contribution >= 0.6 is 0 Å². The van der Waals surface area contributed by atoms with Gasteiger partial charge in [-0.25, -0.2) is 4.79 Å². The normalized spacial score (nSPS) is 29.8. The van der Waals surface area contributed by atoms with Crippen molar-refractivity contribution in [2.24, 2.45) is 5.92 Å². The molecule has 1 atom stereocenters. The van der Waals surface area contributed by atoms with Gasteiger partial charge in [0.1, 0.15) is 0 Å². The lowest BCUT2D eigenvalue weighted by molar-refractivity contribution is -0.189. The highest BCUT2D eigenvalue weighted by atomic mass is 16.7. The van der Waals surface area contributed by atoms with Crippen LogP contribution < -0.4 is 5.32 Å². The van der Waals surface area contributed by atoms with Crippen LogP contribution in [-0.4, -0.2) is 62.3 Å². The number of urea groups is 1. The van der Waals surface area contributed by atoms with Gasteiger partial charge in [0.05, 0.1) is 19.3 Å². The molecule has 120 valence electrons. The zero-order valence-electron chi connectivity index (χ0n) is 12.8. The van der Waals surface area contributed by atoms with Gasteiger partial charge >= 0.3 is 6.03 Å². The Kier molecular flexibility index (Phi) is 4.66. The first-order valence-corrected chi connectivity index (χ1v) is 8.10. The summed E-state index contributed by atoms with van der Waals surface area (Å²) in [6.07, 6.45) is 4.22. The average Bonchev–Trinajstić information content (AvgIpc) is 3.17. The third-order valence-corrected chi connectivity index (χ3v) is 4.89. The zero-order valence-corrected chi connectivity index (χ0v) is 12.8. The van der Waals surface area contributed by atoms with Crippen molar-refractivity contribution < 1.29 is 19.0 Å². The van der Waals surface area contributed by atoms with E-state index >= 15 is 0 Å². The molecule has 0 aliphatic carbocycles. The Morgan fingerprint density at radius 2 is 1.90 bits per heavy atom. The molecule has 3 aliphatic heterocycles. The fraction of sp³-hybridized carbons (Fsp3) is 0.933. The summed E-state index contributed by atoms with van der Waals surface area (Å²) in [5.74, 6) is -0.0671. The molecular formula is C15H26N2O4. The molecule has 3 heterocycles. The number of ether oxygens (including phenoxy) is 3. The Morgan fingerprint density at radius 1 is 1.19 bits per heavy atom. The van der Waals surface area contributed by atoms with Gasteiger partial charge in [0.25, 0.3) is 0 Å². The van der Waals surface area contributed by atoms with E-state index in [4.69, 9.17) is 14.2 Å². The molecule has 6 nitrogen and oxygen atoms in total. The van der Waals surface area contributed by atoms with Gasteiger partial charge in [-0.15, -0.1) is 0 Å². The molecule has 3 rings (SSSR count). The van der Waals surface area contributed by atoms with Gasteiger partial charge in [0.2, 0.25) is 0 Å². The Balaban J connectivity index is 1.41. The van der Waals surface area contributed by atoms with Crippen LogP contribution in [-0.2, 0) is 14.2 Å². The van der Waals surface area contributed by atoms with Gasteiger partial charge in [-0.05, 0) is 32.6 Å². The first kappa shape index (κ1) is 15.1. The molecule has 3 saturated heterocycles. The molecule has 0 saturated carbocycles. The van der Waals surface area contributed by atoms with Crippen LogP contribution in [0.15, 0.2) is 0 Å². The van der Waals surface area contributed by atoms with Gasteiger partial charge in [-0.3, -0.25) is 0 Å². The van der Waals surface area contributed by atoms with Crippen LogP contribution in [0.5, 0.6) is 0 Å². The highest BCUT2D eigenvalue weighted by Crippen LogP contribution is 2.34. The van der Waals surface area contributed by atoms with E-state index in [1.165, 1.54) is 0 Å². The molecular weight excluding hydrogens is 272 g/mol. The van der Waals surface area contributed by atoms with Crippen LogP contribution in [0.25, 0.3) is 0 Å². The molecule has 0 aromatic carbocycles. The van der Waals surface area contributed by atoms with E-state index < -0.39 is 5.79 Å². The van der Waals surface area contributed by atoms with E-state index in [0.29, 0.717) is 25.7 Å². The van der Waals surface area contributed by atoms with Crippen molar-refractivity contribution in [3.63, 3.8) is 0 Å². The van der Waals surface area contributed by atoms with E-state index in [1.807, 2.05) is 11.8 Å². The Hall–Kier alpha value is -0.850. The number of amides is 2. The summed E-state index contributed by atoms with van der Waals surface area (Å²) in [4.78, 5) is 14.1. The maximum Gasteiger partial charge on any atom is 0.317 e. The minimum absolute atomic E-state index is 0.0300. The predicted octanol–water partition coefficient (Wildman–Crippen LogP) is 1.35. The predicted molar refractivity (Wildman–Crippen MR) is 77.0 cm³/mol. The van der Waals surface area contributed by atoms with Crippen molar-refractivity contribution in [3.8, 4) is 0 Å². The SMILES string of the molecule is CC1(C2CCN(C(=O)NCC3CCCO3)CC2)OCCO1. The number of nitrogens with one attached hydrogen (secondary N) is 1. The molecule has 2 amide bonds. The molecule has 0 aromatic heterocycles. The second-order valence-corrected chi connectivity index (χ2v) is 6.30. The number of rotatable bonds is 3. The largest absolute Gasteiger partial charge is 0.376 e. The molecule has 0 bridgehead atoms. The van der Waals surface area contributed by atoms with Crippen molar-refractivity contribution in [2.75, 3.05) is 39.5 Å². The summed E-state index contributed by atoms with van der Waals surface area (Å²) in [5.41, 5.74) is 0. The Labute approximate surface area is 126 Å². The number of likely N-dealkylation sites (tertiary alicyclic amines) is 1. The van der Waals surface area contributed by atoms with E-state index in [0.717, 1.165) is 45.4 Å². The summed E-state index contributed by atoms with van der Waals surface area (Å²) < 4.78 is 17.0. The number of carbonyl (C=O) groups excluding carboxylic acids is 1. The van der Waals surface area contributed by atoms with Crippen LogP contribution in [0.2, 0.25) is 0 Å². The highest BCUT2D eigenvalue weighted by Gasteiger charge is 2.41. The number of carbonyl (C=O) groups is 1. The number of hydrogen-bond donors (Lipinski definition) is 1. The smallest absolute Gasteiger partial charge is 0.317 e. The first-order valence-electron chi connectivity index (χ1n) is 8.10. The minimum atomic E-state index is -0.444. The van der Waals surface area contributed by atoms with Crippen molar-refractivity contribution >= 4 is 6.03 Å². The lowest BCUT2D eigenvalue weighted by atomic mass is 9.89. The first-order chi connectivity index (χ1) is 10.2. The highest BCUT2D eigenvalue weighted by molar-refractivity contribution is 5.74. The number of nitrogens with zero attached hydrogens (tertiary/aromatic N) is 1. The fourth-order valence-electron chi connectivity index (χ4n) is 3.49. The molecule has 3 fully saturated rings. The summed E-state index contributed by atoms with van der Waals surface area (Å²) >= 11 is 0. The third kappa shape index (κ3) is 3.49. The molecule has 0 spiro atoms. The van der Waals surface area contributed by atoms with Crippen LogP contribution in [0, 0.1) is 5.92 Å². The second kappa shape index (κ2) is 6.50. The topological polar surface area (TPSA) is 60.0 Å². The molecule has 3 aliphatic rings. The number of piperidine rings is 1. The maximum atomic E-state index is 12.2. The Bertz CT molecular complexity index is 357. The summed E-state index contributed by atoms with van der Waals surface area (Å²) in [6.45, 7) is 6.37. The Morgan fingerprint density at radius 3 is 2.52 bits per heavy atom. The van der Waals surface area contributed by atoms with Gasteiger partial charge in [0.15, 0.2) is 5.79 Å². The monoisotopic (exact) mass is 298 g/mol. The standard InChI is InChI=1S/C15H26N2O4/c1-15(20-9-10-21-15)12-4-6-17(7-5-12)14(18)16-11-13-3-2-8-19-13/h12-13H,2-11H2,1H3,(H,16,18).